The number of anilines is 1. The second kappa shape index (κ2) is 6.35. The van der Waals surface area contributed by atoms with E-state index in [0.29, 0.717) is 17.6 Å². The number of aromatic nitrogens is 2. The van der Waals surface area contributed by atoms with Crippen molar-refractivity contribution in [3.05, 3.63) is 41.5 Å². The van der Waals surface area contributed by atoms with Crippen molar-refractivity contribution in [3.8, 4) is 0 Å². The molecule has 0 aliphatic rings. The van der Waals surface area contributed by atoms with Crippen molar-refractivity contribution in [2.75, 3.05) is 12.4 Å². The molecule has 1 amide bonds. The summed E-state index contributed by atoms with van der Waals surface area (Å²) in [5, 5.41) is 3.07. The van der Waals surface area contributed by atoms with Crippen LogP contribution in [0.25, 0.3) is 0 Å². The Hall–Kier alpha value is -1.86. The zero-order chi connectivity index (χ0) is 13.7. The lowest BCUT2D eigenvalue weighted by Gasteiger charge is -2.01. The Bertz CT molecular complexity index is 556. The smallest absolute Gasteiger partial charge is 0.230 e. The Kier molecular flexibility index (Phi) is 4.53. The van der Waals surface area contributed by atoms with E-state index in [1.54, 1.807) is 19.2 Å². The van der Waals surface area contributed by atoms with Gasteiger partial charge in [0.2, 0.25) is 11.0 Å². The van der Waals surface area contributed by atoms with Gasteiger partial charge in [0.05, 0.1) is 6.42 Å². The molecular formula is C12H12FN3O2S. The minimum Gasteiger partial charge on any atom is -0.377 e. The molecule has 1 aromatic carbocycles. The quantitative estimate of drug-likeness (QED) is 0.910. The molecule has 0 unspecified atom stereocenters. The monoisotopic (exact) mass is 281 g/mol. The van der Waals surface area contributed by atoms with Gasteiger partial charge in [-0.15, -0.1) is 0 Å². The van der Waals surface area contributed by atoms with Crippen molar-refractivity contribution < 1.29 is 13.9 Å². The molecule has 0 saturated heterocycles. The third-order valence-corrected chi connectivity index (χ3v) is 2.93. The highest BCUT2D eigenvalue weighted by molar-refractivity contribution is 7.09. The maximum Gasteiger partial charge on any atom is 0.230 e. The molecule has 0 aliphatic heterocycles. The molecule has 0 spiro atoms. The van der Waals surface area contributed by atoms with Crippen LogP contribution in [0.5, 0.6) is 0 Å². The van der Waals surface area contributed by atoms with Gasteiger partial charge in [-0.3, -0.25) is 4.79 Å². The Morgan fingerprint density at radius 2 is 2.16 bits per heavy atom. The van der Waals surface area contributed by atoms with Crippen LogP contribution in [0.1, 0.15) is 11.4 Å². The summed E-state index contributed by atoms with van der Waals surface area (Å²) in [7, 11) is 1.55. The zero-order valence-electron chi connectivity index (χ0n) is 10.2. The first-order chi connectivity index (χ1) is 9.17. The highest BCUT2D eigenvalue weighted by Crippen LogP contribution is 2.12. The molecule has 1 aromatic heterocycles. The number of ether oxygens (including phenoxy) is 1. The van der Waals surface area contributed by atoms with Crippen LogP contribution in [0.3, 0.4) is 0 Å². The first-order valence-electron chi connectivity index (χ1n) is 5.53. The van der Waals surface area contributed by atoms with Gasteiger partial charge in [-0.1, -0.05) is 12.1 Å². The lowest BCUT2D eigenvalue weighted by atomic mass is 10.1. The van der Waals surface area contributed by atoms with Crippen LogP contribution in [0.4, 0.5) is 9.52 Å². The minimum absolute atomic E-state index is 0.166. The Morgan fingerprint density at radius 1 is 1.42 bits per heavy atom. The van der Waals surface area contributed by atoms with E-state index in [4.69, 9.17) is 4.74 Å². The summed E-state index contributed by atoms with van der Waals surface area (Å²) in [6.07, 6.45) is 0.166. The fourth-order valence-electron chi connectivity index (χ4n) is 1.44. The van der Waals surface area contributed by atoms with E-state index in [0.717, 1.165) is 17.1 Å². The van der Waals surface area contributed by atoms with E-state index < -0.39 is 0 Å². The third kappa shape index (κ3) is 4.08. The number of hydrogen-bond acceptors (Lipinski definition) is 5. The summed E-state index contributed by atoms with van der Waals surface area (Å²) in [6.45, 7) is 0.310. The van der Waals surface area contributed by atoms with E-state index in [-0.39, 0.29) is 18.1 Å². The Balaban J connectivity index is 1.91. The van der Waals surface area contributed by atoms with Gasteiger partial charge in [-0.25, -0.2) is 9.37 Å². The first kappa shape index (κ1) is 13.6. The number of nitrogens with one attached hydrogen (secondary N) is 1. The molecule has 0 bridgehead atoms. The maximum atomic E-state index is 12.7. The van der Waals surface area contributed by atoms with Crippen LogP contribution in [-0.2, 0) is 22.6 Å². The van der Waals surface area contributed by atoms with Gasteiger partial charge in [0, 0.05) is 18.6 Å². The van der Waals surface area contributed by atoms with Crippen LogP contribution in [0.2, 0.25) is 0 Å². The normalized spacial score (nSPS) is 10.4. The highest BCUT2D eigenvalue weighted by Gasteiger charge is 2.08. The van der Waals surface area contributed by atoms with Gasteiger partial charge in [0.25, 0.3) is 0 Å². The fraction of sp³-hybridized carbons (Fsp3) is 0.250. The minimum atomic E-state index is -0.322. The van der Waals surface area contributed by atoms with Crippen molar-refractivity contribution in [1.82, 2.24) is 9.36 Å². The van der Waals surface area contributed by atoms with Crippen LogP contribution < -0.4 is 5.32 Å². The predicted octanol–water partition coefficient (Wildman–Crippen LogP) is 2.00. The highest BCUT2D eigenvalue weighted by atomic mass is 32.1. The van der Waals surface area contributed by atoms with Crippen molar-refractivity contribution in [3.63, 3.8) is 0 Å². The first-order valence-corrected chi connectivity index (χ1v) is 6.30. The van der Waals surface area contributed by atoms with E-state index in [1.165, 1.54) is 12.1 Å². The zero-order valence-corrected chi connectivity index (χ0v) is 11.0. The van der Waals surface area contributed by atoms with Crippen LogP contribution in [0.15, 0.2) is 24.3 Å². The molecule has 0 atom stereocenters. The number of rotatable bonds is 5. The lowest BCUT2D eigenvalue weighted by molar-refractivity contribution is -0.115. The molecule has 2 aromatic rings. The van der Waals surface area contributed by atoms with E-state index in [1.807, 2.05) is 0 Å². The molecule has 100 valence electrons. The number of carbonyl (C=O) groups is 1. The van der Waals surface area contributed by atoms with Crippen LogP contribution >= 0.6 is 11.5 Å². The van der Waals surface area contributed by atoms with Crippen molar-refractivity contribution in [1.29, 1.82) is 0 Å². The number of amides is 1. The number of benzene rings is 1. The largest absolute Gasteiger partial charge is 0.377 e. The van der Waals surface area contributed by atoms with Gasteiger partial charge in [0.1, 0.15) is 12.4 Å². The number of carbonyl (C=O) groups excluding carboxylic acids is 1. The van der Waals surface area contributed by atoms with Gasteiger partial charge in [-0.05, 0) is 17.7 Å². The van der Waals surface area contributed by atoms with E-state index in [9.17, 15) is 9.18 Å². The summed E-state index contributed by atoms with van der Waals surface area (Å²) in [5.41, 5.74) is 0.737. The summed E-state index contributed by atoms with van der Waals surface area (Å²) in [6, 6.07) is 5.80. The van der Waals surface area contributed by atoms with E-state index in [2.05, 4.69) is 14.7 Å². The summed E-state index contributed by atoms with van der Waals surface area (Å²) in [4.78, 5) is 15.8. The second-order valence-electron chi connectivity index (χ2n) is 3.80. The lowest BCUT2D eigenvalue weighted by Crippen LogP contribution is -2.14. The number of hydrogen-bond donors (Lipinski definition) is 1. The molecule has 5 nitrogen and oxygen atoms in total. The molecule has 1 heterocycles. The predicted molar refractivity (Wildman–Crippen MR) is 69.4 cm³/mol. The van der Waals surface area contributed by atoms with Gasteiger partial charge in [0.15, 0.2) is 5.82 Å². The van der Waals surface area contributed by atoms with Gasteiger partial charge >= 0.3 is 0 Å². The number of halogens is 1. The molecule has 0 aliphatic carbocycles. The average Bonchev–Trinajstić information content (AvgIpc) is 2.80. The Morgan fingerprint density at radius 3 is 2.84 bits per heavy atom. The second-order valence-corrected chi connectivity index (χ2v) is 4.55. The molecule has 0 saturated carbocycles. The summed E-state index contributed by atoms with van der Waals surface area (Å²) in [5.74, 6) is -0.00574. The molecule has 0 radical (unpaired) electrons. The van der Waals surface area contributed by atoms with Crippen molar-refractivity contribution in [2.24, 2.45) is 0 Å². The van der Waals surface area contributed by atoms with Gasteiger partial charge in [-0.2, -0.15) is 4.37 Å². The molecule has 19 heavy (non-hydrogen) atoms. The SMILES string of the molecule is COCc1nsc(NC(=O)Cc2ccc(F)cc2)n1. The molecule has 2 rings (SSSR count). The van der Waals surface area contributed by atoms with E-state index >= 15 is 0 Å². The van der Waals surface area contributed by atoms with Gasteiger partial charge < -0.3 is 10.1 Å². The maximum absolute atomic E-state index is 12.7. The number of nitrogens with zero attached hydrogens (tertiary/aromatic N) is 2. The van der Waals surface area contributed by atoms with Crippen molar-refractivity contribution >= 4 is 22.6 Å². The third-order valence-electron chi connectivity index (χ3n) is 2.27. The van der Waals surface area contributed by atoms with Crippen molar-refractivity contribution in [2.45, 2.75) is 13.0 Å². The Labute approximate surface area is 113 Å². The van der Waals surface area contributed by atoms with Crippen LogP contribution in [0, 0.1) is 5.82 Å². The topological polar surface area (TPSA) is 64.1 Å². The molecular weight excluding hydrogens is 269 g/mol. The summed E-state index contributed by atoms with van der Waals surface area (Å²) >= 11 is 1.10. The average molecular weight is 281 g/mol. The fourth-order valence-corrected chi connectivity index (χ4v) is 2.03. The number of methoxy groups -OCH3 is 1. The standard InChI is InChI=1S/C12H12FN3O2S/c1-18-7-10-14-12(19-16-10)15-11(17)6-8-2-4-9(13)5-3-8/h2-5H,6-7H2,1H3,(H,14,15,16,17). The molecule has 7 heteroatoms. The van der Waals surface area contributed by atoms with Crippen LogP contribution in [-0.4, -0.2) is 22.4 Å². The molecule has 0 fully saturated rings. The molecule has 1 N–H and O–H groups in total. The summed E-state index contributed by atoms with van der Waals surface area (Å²) < 4.78 is 21.6.